The summed E-state index contributed by atoms with van der Waals surface area (Å²) in [4.78, 5) is 4.95. The molecule has 1 saturated heterocycles. The largest absolute Gasteiger partial charge is 0.261 e. The third-order valence-corrected chi connectivity index (χ3v) is 9.83. The van der Waals surface area contributed by atoms with Gasteiger partial charge in [-0.05, 0) is 48.5 Å². The van der Waals surface area contributed by atoms with Crippen LogP contribution in [0.5, 0.6) is 0 Å². The Hall–Kier alpha value is -6.62. The molecule has 3 aliphatic heterocycles. The summed E-state index contributed by atoms with van der Waals surface area (Å²) in [6.07, 6.45) is -0.614. The van der Waals surface area contributed by atoms with Crippen LogP contribution in [0.25, 0.3) is 0 Å². The van der Waals surface area contributed by atoms with Gasteiger partial charge in [-0.3, -0.25) is 9.80 Å². The average molecular weight is 709 g/mol. The lowest BCUT2D eigenvalue weighted by atomic mass is 10.2. The summed E-state index contributed by atoms with van der Waals surface area (Å²) in [5.41, 5.74) is 16.4. The van der Waals surface area contributed by atoms with Gasteiger partial charge in [-0.1, -0.05) is 133 Å². The first-order chi connectivity index (χ1) is 26.8. The molecule has 2 radical (unpaired) electrons. The SMILES string of the molecule is c1ccc(C2=NN(c3ccccc3)C(N3CCN(C4N(c5ccccc5)[N]C(c5ccccc5)=NN4c4ccccc4)CC3)N(c3ccccc3)[N]2)cc1. The first-order valence-corrected chi connectivity index (χ1v) is 18.4. The van der Waals surface area contributed by atoms with E-state index in [4.69, 9.17) is 21.1 Å². The number of nitrogens with zero attached hydrogens (tertiary/aromatic N) is 10. The molecule has 1 fully saturated rings. The molecule has 0 aliphatic carbocycles. The fourth-order valence-electron chi connectivity index (χ4n) is 7.17. The summed E-state index contributed by atoms with van der Waals surface area (Å²) < 4.78 is 0. The molecule has 6 aromatic rings. The minimum Gasteiger partial charge on any atom is -0.261 e. The average Bonchev–Trinajstić information content (AvgIpc) is 3.27. The Morgan fingerprint density at radius 3 is 0.870 bits per heavy atom. The highest BCUT2D eigenvalue weighted by Gasteiger charge is 2.43. The van der Waals surface area contributed by atoms with Crippen molar-refractivity contribution in [3.63, 3.8) is 0 Å². The quantitative estimate of drug-likeness (QED) is 0.170. The van der Waals surface area contributed by atoms with Crippen LogP contribution in [0.4, 0.5) is 22.7 Å². The van der Waals surface area contributed by atoms with Gasteiger partial charge in [-0.2, -0.15) is 0 Å². The van der Waals surface area contributed by atoms with E-state index in [0.717, 1.165) is 60.1 Å². The van der Waals surface area contributed by atoms with Crippen molar-refractivity contribution >= 4 is 34.4 Å². The van der Waals surface area contributed by atoms with Gasteiger partial charge in [-0.25, -0.2) is 20.0 Å². The molecule has 2 unspecified atom stereocenters. The van der Waals surface area contributed by atoms with Crippen LogP contribution in [0.1, 0.15) is 11.1 Å². The number of hydrazone groups is 2. The summed E-state index contributed by atoms with van der Waals surface area (Å²) >= 11 is 0. The summed E-state index contributed by atoms with van der Waals surface area (Å²) in [6, 6.07) is 62.0. The zero-order valence-corrected chi connectivity index (χ0v) is 29.8. The van der Waals surface area contributed by atoms with E-state index in [0.29, 0.717) is 11.7 Å². The van der Waals surface area contributed by atoms with Crippen LogP contribution in [0.3, 0.4) is 0 Å². The van der Waals surface area contributed by atoms with Crippen LogP contribution >= 0.6 is 0 Å². The molecule has 0 N–H and O–H groups in total. The van der Waals surface area contributed by atoms with Gasteiger partial charge in [0.2, 0.25) is 12.6 Å². The van der Waals surface area contributed by atoms with Gasteiger partial charge < -0.3 is 0 Å². The molecule has 0 amide bonds. The number of amidine groups is 2. The van der Waals surface area contributed by atoms with Gasteiger partial charge in [0.05, 0.1) is 22.7 Å². The Kier molecular flexibility index (Phi) is 9.33. The fraction of sp³-hybridized carbons (Fsp3) is 0.136. The Balaban J connectivity index is 1.08. The summed E-state index contributed by atoms with van der Waals surface area (Å²) in [6.45, 7) is 3.00. The topological polar surface area (TPSA) is 72.4 Å². The molecule has 54 heavy (non-hydrogen) atoms. The number of para-hydroxylation sites is 4. The number of rotatable bonds is 8. The normalized spacial score (nSPS) is 19.4. The minimum absolute atomic E-state index is 0.307. The second-order valence-electron chi connectivity index (χ2n) is 13.3. The fourth-order valence-corrected chi connectivity index (χ4v) is 7.17. The molecule has 3 aliphatic rings. The first-order valence-electron chi connectivity index (χ1n) is 18.4. The van der Waals surface area contributed by atoms with Crippen LogP contribution in [-0.4, -0.2) is 60.2 Å². The van der Waals surface area contributed by atoms with Crippen molar-refractivity contribution in [3.05, 3.63) is 193 Å². The highest BCUT2D eigenvalue weighted by Crippen LogP contribution is 2.33. The van der Waals surface area contributed by atoms with E-state index >= 15 is 0 Å². The lowest BCUT2D eigenvalue weighted by Gasteiger charge is -2.52. The van der Waals surface area contributed by atoms with E-state index in [9.17, 15) is 0 Å². The van der Waals surface area contributed by atoms with Gasteiger partial charge in [0.15, 0.2) is 11.7 Å². The molecule has 3 heterocycles. The maximum absolute atomic E-state index is 5.24. The Bertz CT molecular complexity index is 2000. The second-order valence-corrected chi connectivity index (χ2v) is 13.3. The standard InChI is InChI=1S/C44H40N10/c1-7-19-35(20-8-1)41-45-51(37-23-11-3-12-24-37)43(52(46-41)38-25-13-4-14-26-38)49-31-33-50(34-32-49)44-53(39-27-15-5-16-28-39)47-42(36-21-9-2-10-22-36)48-54(44)40-29-17-6-18-30-40/h1-30,43-44H,31-34H2. The van der Waals surface area contributed by atoms with Gasteiger partial charge in [0.25, 0.3) is 0 Å². The zero-order chi connectivity index (χ0) is 36.1. The molecule has 0 spiro atoms. The third kappa shape index (κ3) is 6.71. The predicted molar refractivity (Wildman–Crippen MR) is 217 cm³/mol. The number of hydrogen-bond donors (Lipinski definition) is 0. The van der Waals surface area contributed by atoms with E-state index in [1.165, 1.54) is 0 Å². The first kappa shape index (κ1) is 33.2. The van der Waals surface area contributed by atoms with Gasteiger partial charge in [0.1, 0.15) is 0 Å². The van der Waals surface area contributed by atoms with Crippen molar-refractivity contribution in [1.29, 1.82) is 0 Å². The highest BCUT2D eigenvalue weighted by molar-refractivity contribution is 6.01. The van der Waals surface area contributed by atoms with Crippen molar-refractivity contribution in [2.24, 2.45) is 10.2 Å². The summed E-state index contributed by atoms with van der Waals surface area (Å²) in [7, 11) is 0. The number of benzene rings is 6. The van der Waals surface area contributed by atoms with E-state index in [1.807, 2.05) is 60.7 Å². The van der Waals surface area contributed by atoms with Crippen LogP contribution in [0.15, 0.2) is 192 Å². The van der Waals surface area contributed by atoms with Crippen molar-refractivity contribution in [2.75, 3.05) is 46.2 Å². The molecule has 0 aromatic heterocycles. The van der Waals surface area contributed by atoms with E-state index in [1.54, 1.807) is 0 Å². The summed E-state index contributed by atoms with van der Waals surface area (Å²) in [5.74, 6) is 1.32. The van der Waals surface area contributed by atoms with Crippen molar-refractivity contribution in [3.8, 4) is 0 Å². The van der Waals surface area contributed by atoms with E-state index in [-0.39, 0.29) is 12.6 Å². The van der Waals surface area contributed by atoms with E-state index < -0.39 is 0 Å². The van der Waals surface area contributed by atoms with Gasteiger partial charge in [0, 0.05) is 37.3 Å². The lowest BCUT2D eigenvalue weighted by molar-refractivity contribution is 0.0568. The smallest absolute Gasteiger partial charge is 0.201 e. The van der Waals surface area contributed by atoms with E-state index in [2.05, 4.69) is 151 Å². The van der Waals surface area contributed by atoms with Crippen molar-refractivity contribution in [1.82, 2.24) is 20.7 Å². The van der Waals surface area contributed by atoms with Crippen LogP contribution in [0, 0.1) is 0 Å². The second kappa shape index (κ2) is 15.2. The number of piperazine rings is 1. The van der Waals surface area contributed by atoms with Crippen LogP contribution < -0.4 is 30.9 Å². The van der Waals surface area contributed by atoms with Crippen molar-refractivity contribution in [2.45, 2.75) is 12.6 Å². The molecule has 9 rings (SSSR count). The monoisotopic (exact) mass is 708 g/mol. The predicted octanol–water partition coefficient (Wildman–Crippen LogP) is 6.99. The Morgan fingerprint density at radius 1 is 0.315 bits per heavy atom. The number of anilines is 4. The molecule has 6 aromatic carbocycles. The zero-order valence-electron chi connectivity index (χ0n) is 29.8. The lowest BCUT2D eigenvalue weighted by Crippen LogP contribution is -2.70. The summed E-state index contributed by atoms with van der Waals surface area (Å²) in [5, 5.41) is 19.0. The highest BCUT2D eigenvalue weighted by atomic mass is 15.8. The Labute approximate surface area is 316 Å². The van der Waals surface area contributed by atoms with Crippen molar-refractivity contribution < 1.29 is 0 Å². The third-order valence-electron chi connectivity index (χ3n) is 9.83. The molecular weight excluding hydrogens is 669 g/mol. The minimum atomic E-state index is -0.307. The van der Waals surface area contributed by atoms with Gasteiger partial charge in [-0.15, -0.1) is 21.1 Å². The molecular formula is C44H40N10. The molecule has 0 saturated carbocycles. The maximum Gasteiger partial charge on any atom is 0.201 e. The number of hydrogen-bond acceptors (Lipinski definition) is 8. The molecule has 2 atom stereocenters. The Morgan fingerprint density at radius 2 is 0.574 bits per heavy atom. The van der Waals surface area contributed by atoms with Crippen LogP contribution in [-0.2, 0) is 0 Å². The van der Waals surface area contributed by atoms with Gasteiger partial charge >= 0.3 is 0 Å². The molecule has 10 heteroatoms. The maximum atomic E-state index is 5.24. The molecule has 10 nitrogen and oxygen atoms in total. The van der Waals surface area contributed by atoms with Crippen LogP contribution in [0.2, 0.25) is 0 Å². The molecule has 0 bridgehead atoms. The molecule has 266 valence electrons.